The van der Waals surface area contributed by atoms with E-state index >= 15 is 0 Å². The van der Waals surface area contributed by atoms with Crippen LogP contribution in [0, 0.1) is 26.6 Å². The van der Waals surface area contributed by atoms with E-state index in [1.807, 2.05) is 31.4 Å². The fourth-order valence-corrected chi connectivity index (χ4v) is 3.18. The molecule has 6 nitrogen and oxygen atoms in total. The number of carbonyl (C=O) groups excluding carboxylic acids is 1. The predicted octanol–water partition coefficient (Wildman–Crippen LogP) is 4.12. The molecule has 0 spiro atoms. The van der Waals surface area contributed by atoms with Gasteiger partial charge in [-0.25, -0.2) is 4.39 Å². The van der Waals surface area contributed by atoms with E-state index in [-0.39, 0.29) is 18.1 Å². The van der Waals surface area contributed by atoms with E-state index in [0.717, 1.165) is 41.2 Å². The molecular weight excluding hydrogens is 347 g/mol. The fraction of sp³-hybridized carbons (Fsp3) is 0.350. The van der Waals surface area contributed by atoms with Gasteiger partial charge in [0, 0.05) is 17.3 Å². The predicted molar refractivity (Wildman–Crippen MR) is 98.9 cm³/mol. The Morgan fingerprint density at radius 1 is 1.30 bits per heavy atom. The van der Waals surface area contributed by atoms with Gasteiger partial charge in [0.1, 0.15) is 12.4 Å². The van der Waals surface area contributed by atoms with E-state index in [1.165, 1.54) is 6.07 Å². The smallest absolute Gasteiger partial charge is 0.259 e. The molecule has 27 heavy (non-hydrogen) atoms. The second-order valence-corrected chi connectivity index (χ2v) is 7.13. The average Bonchev–Trinajstić information content (AvgIpc) is 3.30. The van der Waals surface area contributed by atoms with Crippen molar-refractivity contribution in [2.45, 2.75) is 46.1 Å². The summed E-state index contributed by atoms with van der Waals surface area (Å²) in [6.45, 7) is 5.75. The third kappa shape index (κ3) is 3.49. The highest BCUT2D eigenvalue weighted by atomic mass is 19.1. The molecule has 1 aromatic carbocycles. The Hall–Kier alpha value is -2.96. The van der Waals surface area contributed by atoms with E-state index in [9.17, 15) is 9.18 Å². The standard InChI is InChI=1S/C20H21FN4O2/c1-11-4-7-16(21)17(8-11)22-18(26)10-25-12(2)9-15(13(25)3)20-23-19(24-27-20)14-5-6-14/h4,7-9,14H,5-6,10H2,1-3H3,(H,22,26). The number of aromatic nitrogens is 3. The van der Waals surface area contributed by atoms with E-state index in [0.29, 0.717) is 11.8 Å². The zero-order valence-electron chi connectivity index (χ0n) is 15.5. The van der Waals surface area contributed by atoms with Gasteiger partial charge in [-0.3, -0.25) is 4.79 Å². The first kappa shape index (κ1) is 17.5. The van der Waals surface area contributed by atoms with Gasteiger partial charge in [-0.1, -0.05) is 11.2 Å². The Balaban J connectivity index is 1.54. The van der Waals surface area contributed by atoms with Crippen LogP contribution in [0.1, 0.15) is 41.5 Å². The molecule has 0 unspecified atom stereocenters. The van der Waals surface area contributed by atoms with E-state index in [1.54, 1.807) is 12.1 Å². The topological polar surface area (TPSA) is 73.0 Å². The van der Waals surface area contributed by atoms with Gasteiger partial charge < -0.3 is 14.4 Å². The summed E-state index contributed by atoms with van der Waals surface area (Å²) >= 11 is 0. The summed E-state index contributed by atoms with van der Waals surface area (Å²) in [6.07, 6.45) is 2.21. The average molecular weight is 368 g/mol. The minimum atomic E-state index is -0.450. The van der Waals surface area contributed by atoms with Gasteiger partial charge in [0.15, 0.2) is 5.82 Å². The Bertz CT molecular complexity index is 1020. The molecule has 1 saturated carbocycles. The maximum atomic E-state index is 13.9. The summed E-state index contributed by atoms with van der Waals surface area (Å²) in [5.41, 5.74) is 3.65. The van der Waals surface area contributed by atoms with Crippen LogP contribution in [0.3, 0.4) is 0 Å². The van der Waals surface area contributed by atoms with Crippen molar-refractivity contribution in [3.05, 3.63) is 52.9 Å². The summed E-state index contributed by atoms with van der Waals surface area (Å²) in [6, 6.07) is 6.56. The van der Waals surface area contributed by atoms with Crippen molar-refractivity contribution < 1.29 is 13.7 Å². The number of carbonyl (C=O) groups is 1. The first-order chi connectivity index (χ1) is 12.9. The van der Waals surface area contributed by atoms with Gasteiger partial charge >= 0.3 is 0 Å². The van der Waals surface area contributed by atoms with Crippen LogP contribution in [0.4, 0.5) is 10.1 Å². The second-order valence-electron chi connectivity index (χ2n) is 7.13. The summed E-state index contributed by atoms with van der Waals surface area (Å²) in [4.78, 5) is 16.9. The molecule has 2 aromatic heterocycles. The highest BCUT2D eigenvalue weighted by molar-refractivity contribution is 5.91. The van der Waals surface area contributed by atoms with Crippen LogP contribution in [-0.4, -0.2) is 20.6 Å². The Labute approximate surface area is 156 Å². The lowest BCUT2D eigenvalue weighted by Gasteiger charge is -2.11. The molecule has 3 aromatic rings. The number of nitrogens with zero attached hydrogens (tertiary/aromatic N) is 3. The maximum Gasteiger partial charge on any atom is 0.259 e. The quantitative estimate of drug-likeness (QED) is 0.735. The van der Waals surface area contributed by atoms with Crippen molar-refractivity contribution in [3.8, 4) is 11.5 Å². The van der Waals surface area contributed by atoms with Gasteiger partial charge in [0.05, 0.1) is 11.3 Å². The van der Waals surface area contributed by atoms with Crippen LogP contribution in [0.15, 0.2) is 28.8 Å². The number of halogens is 1. The minimum absolute atomic E-state index is 0.0780. The van der Waals surface area contributed by atoms with Crippen LogP contribution in [0.2, 0.25) is 0 Å². The number of amides is 1. The third-order valence-electron chi connectivity index (χ3n) is 4.89. The van der Waals surface area contributed by atoms with Crippen molar-refractivity contribution in [2.75, 3.05) is 5.32 Å². The highest BCUT2D eigenvalue weighted by Gasteiger charge is 2.29. The zero-order chi connectivity index (χ0) is 19.1. The van der Waals surface area contributed by atoms with E-state index in [2.05, 4.69) is 15.5 Å². The summed E-state index contributed by atoms with van der Waals surface area (Å²) in [7, 11) is 0. The molecule has 1 amide bonds. The van der Waals surface area contributed by atoms with Crippen LogP contribution in [-0.2, 0) is 11.3 Å². The molecule has 0 saturated heterocycles. The number of anilines is 1. The van der Waals surface area contributed by atoms with Gasteiger partial charge in [0.2, 0.25) is 5.91 Å². The monoisotopic (exact) mass is 368 g/mol. The minimum Gasteiger partial charge on any atom is -0.339 e. The van der Waals surface area contributed by atoms with E-state index < -0.39 is 5.82 Å². The van der Waals surface area contributed by atoms with Crippen molar-refractivity contribution in [2.24, 2.45) is 0 Å². The lowest BCUT2D eigenvalue weighted by atomic mass is 10.2. The molecule has 7 heteroatoms. The van der Waals surface area contributed by atoms with Crippen LogP contribution in [0.25, 0.3) is 11.5 Å². The molecule has 4 rings (SSSR count). The Morgan fingerprint density at radius 2 is 2.07 bits per heavy atom. The number of hydrogen-bond donors (Lipinski definition) is 1. The molecule has 0 aliphatic heterocycles. The Kier molecular flexibility index (Phi) is 4.30. The number of rotatable bonds is 5. The van der Waals surface area contributed by atoms with Crippen LogP contribution in [0.5, 0.6) is 0 Å². The Morgan fingerprint density at radius 3 is 2.81 bits per heavy atom. The third-order valence-corrected chi connectivity index (χ3v) is 4.89. The lowest BCUT2D eigenvalue weighted by molar-refractivity contribution is -0.116. The normalized spacial score (nSPS) is 13.8. The van der Waals surface area contributed by atoms with Crippen molar-refractivity contribution >= 4 is 11.6 Å². The van der Waals surface area contributed by atoms with Crippen molar-refractivity contribution in [1.82, 2.24) is 14.7 Å². The molecule has 1 aliphatic rings. The molecule has 140 valence electrons. The summed E-state index contributed by atoms with van der Waals surface area (Å²) in [5, 5.41) is 6.70. The lowest BCUT2D eigenvalue weighted by Crippen LogP contribution is -2.20. The number of aryl methyl sites for hydroxylation is 2. The van der Waals surface area contributed by atoms with Gasteiger partial charge in [-0.05, 0) is 57.4 Å². The maximum absolute atomic E-state index is 13.9. The van der Waals surface area contributed by atoms with Gasteiger partial charge in [-0.2, -0.15) is 4.98 Å². The molecule has 0 atom stereocenters. The molecular formula is C20H21FN4O2. The zero-order valence-corrected chi connectivity index (χ0v) is 15.5. The molecule has 0 radical (unpaired) electrons. The van der Waals surface area contributed by atoms with Crippen LogP contribution >= 0.6 is 0 Å². The van der Waals surface area contributed by atoms with Crippen LogP contribution < -0.4 is 5.32 Å². The van der Waals surface area contributed by atoms with Gasteiger partial charge in [-0.15, -0.1) is 0 Å². The highest BCUT2D eigenvalue weighted by Crippen LogP contribution is 2.39. The molecule has 1 N–H and O–H groups in total. The fourth-order valence-electron chi connectivity index (χ4n) is 3.18. The first-order valence-electron chi connectivity index (χ1n) is 8.99. The largest absolute Gasteiger partial charge is 0.339 e. The van der Waals surface area contributed by atoms with Gasteiger partial charge in [0.25, 0.3) is 5.89 Å². The van der Waals surface area contributed by atoms with Crippen molar-refractivity contribution in [1.29, 1.82) is 0 Å². The molecule has 0 bridgehead atoms. The number of benzene rings is 1. The SMILES string of the molecule is Cc1ccc(F)c(NC(=O)Cn2c(C)cc(-c3nc(C4CC4)no3)c2C)c1. The molecule has 1 aliphatic carbocycles. The summed E-state index contributed by atoms with van der Waals surface area (Å²) < 4.78 is 21.1. The molecule has 2 heterocycles. The first-order valence-corrected chi connectivity index (χ1v) is 8.99. The van der Waals surface area contributed by atoms with Crippen molar-refractivity contribution in [3.63, 3.8) is 0 Å². The van der Waals surface area contributed by atoms with E-state index in [4.69, 9.17) is 4.52 Å². The number of nitrogens with one attached hydrogen (secondary N) is 1. The second kappa shape index (κ2) is 6.64. The number of hydrogen-bond acceptors (Lipinski definition) is 4. The molecule has 1 fully saturated rings. The summed E-state index contributed by atoms with van der Waals surface area (Å²) in [5.74, 6) is 0.899.